The van der Waals surface area contributed by atoms with Crippen LogP contribution in [0.2, 0.25) is 0 Å². The second-order valence-corrected chi connectivity index (χ2v) is 6.10. The fourth-order valence-electron chi connectivity index (χ4n) is 3.13. The maximum atomic E-state index is 11.3. The number of aryl methyl sites for hydroxylation is 1. The number of benzene rings is 1. The van der Waals surface area contributed by atoms with Crippen molar-refractivity contribution in [1.29, 1.82) is 0 Å². The van der Waals surface area contributed by atoms with Gasteiger partial charge in [-0.25, -0.2) is 0 Å². The molecule has 1 saturated heterocycles. The van der Waals surface area contributed by atoms with Crippen molar-refractivity contribution in [2.75, 3.05) is 13.1 Å². The molecular formula is C16H20N2O2. The Morgan fingerprint density at radius 3 is 2.90 bits per heavy atom. The third-order valence-corrected chi connectivity index (χ3v) is 4.48. The molecule has 1 aromatic carbocycles. The lowest BCUT2D eigenvalue weighted by molar-refractivity contribution is -0.147. The Balaban J connectivity index is 1.85. The van der Waals surface area contributed by atoms with E-state index in [9.17, 15) is 9.90 Å². The van der Waals surface area contributed by atoms with Crippen LogP contribution in [0.25, 0.3) is 10.9 Å². The van der Waals surface area contributed by atoms with Crippen LogP contribution >= 0.6 is 0 Å². The number of rotatable bonds is 3. The van der Waals surface area contributed by atoms with Crippen LogP contribution in [0.15, 0.2) is 24.3 Å². The van der Waals surface area contributed by atoms with E-state index in [4.69, 9.17) is 0 Å². The molecule has 0 spiro atoms. The highest BCUT2D eigenvalue weighted by atomic mass is 16.4. The van der Waals surface area contributed by atoms with E-state index in [1.54, 1.807) is 0 Å². The molecule has 0 amide bonds. The molecule has 4 nitrogen and oxygen atoms in total. The first-order chi connectivity index (χ1) is 9.49. The number of nitrogens with one attached hydrogen (secondary N) is 1. The zero-order chi connectivity index (χ0) is 14.3. The molecule has 20 heavy (non-hydrogen) atoms. The van der Waals surface area contributed by atoms with Crippen LogP contribution in [0.3, 0.4) is 0 Å². The van der Waals surface area contributed by atoms with Crippen molar-refractivity contribution in [3.8, 4) is 0 Å². The topological polar surface area (TPSA) is 56.3 Å². The van der Waals surface area contributed by atoms with Gasteiger partial charge in [-0.15, -0.1) is 0 Å². The molecule has 4 heteroatoms. The number of hydrogen-bond donors (Lipinski definition) is 2. The highest BCUT2D eigenvalue weighted by Crippen LogP contribution is 2.32. The number of aromatic nitrogens is 1. The Morgan fingerprint density at radius 2 is 2.20 bits per heavy atom. The molecule has 3 rings (SSSR count). The number of carboxylic acid groups (broad SMARTS) is 1. The molecular weight excluding hydrogens is 252 g/mol. The number of aromatic amines is 1. The standard InChI is InChI=1S/C16H20N2O2/c1-11-13(12-5-3-4-6-14(12)17-11)9-18-8-7-16(2,10-18)15(19)20/h3-6,17H,7-10H2,1-2H3,(H,19,20). The third-order valence-electron chi connectivity index (χ3n) is 4.48. The van der Waals surface area contributed by atoms with E-state index in [0.717, 1.165) is 25.0 Å². The average Bonchev–Trinajstić information content (AvgIpc) is 2.93. The van der Waals surface area contributed by atoms with Gasteiger partial charge in [-0.2, -0.15) is 0 Å². The number of fused-ring (bicyclic) bond motifs is 1. The number of hydrogen-bond acceptors (Lipinski definition) is 2. The van der Waals surface area contributed by atoms with Crippen LogP contribution < -0.4 is 0 Å². The summed E-state index contributed by atoms with van der Waals surface area (Å²) in [6.45, 7) is 6.22. The molecule has 2 N–H and O–H groups in total. The predicted octanol–water partition coefficient (Wildman–Crippen LogP) is 2.77. The van der Waals surface area contributed by atoms with Crippen molar-refractivity contribution in [1.82, 2.24) is 9.88 Å². The molecule has 1 aliphatic rings. The number of carboxylic acids is 1. The highest BCUT2D eigenvalue weighted by Gasteiger charge is 2.40. The number of likely N-dealkylation sites (tertiary alicyclic amines) is 1. The molecule has 0 saturated carbocycles. The van der Waals surface area contributed by atoms with Gasteiger partial charge in [0.1, 0.15) is 0 Å². The quantitative estimate of drug-likeness (QED) is 0.903. The van der Waals surface area contributed by atoms with Gasteiger partial charge >= 0.3 is 5.97 Å². The summed E-state index contributed by atoms with van der Waals surface area (Å²) in [4.78, 5) is 17.0. The summed E-state index contributed by atoms with van der Waals surface area (Å²) < 4.78 is 0. The Kier molecular flexibility index (Phi) is 3.05. The number of H-pyrrole nitrogens is 1. The van der Waals surface area contributed by atoms with Crippen molar-refractivity contribution < 1.29 is 9.90 Å². The largest absolute Gasteiger partial charge is 0.481 e. The van der Waals surface area contributed by atoms with Crippen molar-refractivity contribution in [2.45, 2.75) is 26.8 Å². The molecule has 1 atom stereocenters. The predicted molar refractivity (Wildman–Crippen MR) is 78.7 cm³/mol. The minimum absolute atomic E-state index is 0.597. The molecule has 1 aliphatic heterocycles. The fraction of sp³-hybridized carbons (Fsp3) is 0.438. The van der Waals surface area contributed by atoms with Crippen LogP contribution in [0.4, 0.5) is 0 Å². The van der Waals surface area contributed by atoms with Crippen LogP contribution in [0.5, 0.6) is 0 Å². The molecule has 106 valence electrons. The summed E-state index contributed by atoms with van der Waals surface area (Å²) in [5.41, 5.74) is 3.02. The van der Waals surface area contributed by atoms with Gasteiger partial charge in [-0.1, -0.05) is 18.2 Å². The highest BCUT2D eigenvalue weighted by molar-refractivity contribution is 5.84. The second kappa shape index (κ2) is 4.63. The monoisotopic (exact) mass is 272 g/mol. The van der Waals surface area contributed by atoms with E-state index in [1.165, 1.54) is 16.6 Å². The molecule has 0 aliphatic carbocycles. The molecule has 1 aromatic heterocycles. The van der Waals surface area contributed by atoms with Crippen LogP contribution in [0.1, 0.15) is 24.6 Å². The Labute approximate surface area is 118 Å². The number of nitrogens with zero attached hydrogens (tertiary/aromatic N) is 1. The van der Waals surface area contributed by atoms with Crippen molar-refractivity contribution in [3.05, 3.63) is 35.5 Å². The fourth-order valence-corrected chi connectivity index (χ4v) is 3.13. The summed E-state index contributed by atoms with van der Waals surface area (Å²) in [5.74, 6) is -0.685. The summed E-state index contributed by atoms with van der Waals surface area (Å²) in [6, 6.07) is 8.28. The smallest absolute Gasteiger partial charge is 0.310 e. The van der Waals surface area contributed by atoms with Crippen LogP contribution in [0, 0.1) is 12.3 Å². The lowest BCUT2D eigenvalue weighted by atomic mass is 9.90. The SMILES string of the molecule is Cc1[nH]c2ccccc2c1CN1CCC(C)(C(=O)O)C1. The minimum atomic E-state index is -0.685. The second-order valence-electron chi connectivity index (χ2n) is 6.10. The van der Waals surface area contributed by atoms with Gasteiger partial charge < -0.3 is 10.1 Å². The van der Waals surface area contributed by atoms with Gasteiger partial charge in [0.15, 0.2) is 0 Å². The molecule has 0 radical (unpaired) electrons. The van der Waals surface area contributed by atoms with Gasteiger partial charge in [0.05, 0.1) is 5.41 Å². The minimum Gasteiger partial charge on any atom is -0.481 e. The maximum absolute atomic E-state index is 11.3. The summed E-state index contributed by atoms with van der Waals surface area (Å²) in [6.07, 6.45) is 0.726. The average molecular weight is 272 g/mol. The van der Waals surface area contributed by atoms with E-state index < -0.39 is 11.4 Å². The number of para-hydroxylation sites is 1. The molecule has 1 fully saturated rings. The molecule has 1 unspecified atom stereocenters. The summed E-state index contributed by atoms with van der Waals surface area (Å²) in [7, 11) is 0. The first-order valence-electron chi connectivity index (χ1n) is 7.01. The molecule has 2 aromatic rings. The van der Waals surface area contributed by atoms with Gasteiger partial charge in [0, 0.05) is 29.7 Å². The molecule has 2 heterocycles. The first kappa shape index (κ1) is 13.2. The van der Waals surface area contributed by atoms with Crippen LogP contribution in [-0.4, -0.2) is 34.0 Å². The van der Waals surface area contributed by atoms with Gasteiger partial charge in [-0.3, -0.25) is 9.69 Å². The Hall–Kier alpha value is -1.81. The lowest BCUT2D eigenvalue weighted by Crippen LogP contribution is -2.31. The van der Waals surface area contributed by atoms with E-state index >= 15 is 0 Å². The van der Waals surface area contributed by atoms with Gasteiger partial charge in [0.2, 0.25) is 0 Å². The summed E-state index contributed by atoms with van der Waals surface area (Å²) >= 11 is 0. The summed E-state index contributed by atoms with van der Waals surface area (Å²) in [5, 5.41) is 10.6. The molecule has 0 bridgehead atoms. The van der Waals surface area contributed by atoms with Gasteiger partial charge in [-0.05, 0) is 38.4 Å². The number of aliphatic carboxylic acids is 1. The first-order valence-corrected chi connectivity index (χ1v) is 7.01. The van der Waals surface area contributed by atoms with Crippen LogP contribution in [-0.2, 0) is 11.3 Å². The lowest BCUT2D eigenvalue weighted by Gasteiger charge is -2.20. The maximum Gasteiger partial charge on any atom is 0.310 e. The van der Waals surface area contributed by atoms with E-state index in [1.807, 2.05) is 19.1 Å². The zero-order valence-corrected chi connectivity index (χ0v) is 11.9. The van der Waals surface area contributed by atoms with Crippen molar-refractivity contribution in [2.24, 2.45) is 5.41 Å². The normalized spacial score (nSPS) is 23.5. The van der Waals surface area contributed by atoms with Crippen molar-refractivity contribution in [3.63, 3.8) is 0 Å². The van der Waals surface area contributed by atoms with E-state index in [0.29, 0.717) is 6.54 Å². The third kappa shape index (κ3) is 2.10. The van der Waals surface area contributed by atoms with E-state index in [-0.39, 0.29) is 0 Å². The Bertz CT molecular complexity index is 662. The van der Waals surface area contributed by atoms with Gasteiger partial charge in [0.25, 0.3) is 0 Å². The van der Waals surface area contributed by atoms with Crippen molar-refractivity contribution >= 4 is 16.9 Å². The number of carbonyl (C=O) groups is 1. The Morgan fingerprint density at radius 1 is 1.45 bits per heavy atom. The van der Waals surface area contributed by atoms with E-state index in [2.05, 4.69) is 28.9 Å². The zero-order valence-electron chi connectivity index (χ0n) is 11.9.